The lowest BCUT2D eigenvalue weighted by Crippen LogP contribution is -2.23. The maximum atomic E-state index is 12.5. The van der Waals surface area contributed by atoms with Gasteiger partial charge >= 0.3 is 0 Å². The summed E-state index contributed by atoms with van der Waals surface area (Å²) in [4.78, 5) is 12.5. The third kappa shape index (κ3) is 3.64. The summed E-state index contributed by atoms with van der Waals surface area (Å²) in [6, 6.07) is 6.04. The Kier molecular flexibility index (Phi) is 4.94. The van der Waals surface area contributed by atoms with Crippen LogP contribution >= 0.6 is 11.8 Å². The average Bonchev–Trinajstić information content (AvgIpc) is 3.31. The summed E-state index contributed by atoms with van der Waals surface area (Å²) in [6.45, 7) is 8.91. The SMILES string of the molecule is CCn1c(S[C@H](C)C(=O)Nc2ccc(C)cc2C)nnc1C1CC1. The number of rotatable bonds is 6. The van der Waals surface area contributed by atoms with Crippen molar-refractivity contribution in [3.63, 3.8) is 0 Å². The molecule has 0 spiro atoms. The Morgan fingerprint density at radius 3 is 2.75 bits per heavy atom. The Labute approximate surface area is 147 Å². The van der Waals surface area contributed by atoms with Crippen LogP contribution in [0.5, 0.6) is 0 Å². The maximum Gasteiger partial charge on any atom is 0.237 e. The van der Waals surface area contributed by atoms with Crippen molar-refractivity contribution in [1.29, 1.82) is 0 Å². The Hall–Kier alpha value is -1.82. The summed E-state index contributed by atoms with van der Waals surface area (Å²) in [5.41, 5.74) is 3.14. The molecule has 1 aliphatic carbocycles. The third-order valence-corrected chi connectivity index (χ3v) is 5.38. The Morgan fingerprint density at radius 2 is 2.12 bits per heavy atom. The molecule has 1 heterocycles. The van der Waals surface area contributed by atoms with Gasteiger partial charge in [-0.25, -0.2) is 0 Å². The van der Waals surface area contributed by atoms with E-state index < -0.39 is 0 Å². The molecule has 2 aromatic rings. The van der Waals surface area contributed by atoms with Crippen molar-refractivity contribution < 1.29 is 4.79 Å². The molecule has 0 unspecified atom stereocenters. The largest absolute Gasteiger partial charge is 0.325 e. The minimum atomic E-state index is -0.229. The number of anilines is 1. The minimum absolute atomic E-state index is 0.00872. The predicted octanol–water partition coefficient (Wildman–Crippen LogP) is 3.91. The van der Waals surface area contributed by atoms with E-state index in [1.165, 1.54) is 30.2 Å². The lowest BCUT2D eigenvalue weighted by Gasteiger charge is -2.14. The minimum Gasteiger partial charge on any atom is -0.325 e. The molecule has 0 radical (unpaired) electrons. The van der Waals surface area contributed by atoms with Crippen LogP contribution < -0.4 is 5.32 Å². The second kappa shape index (κ2) is 6.97. The number of hydrogen-bond donors (Lipinski definition) is 1. The van der Waals surface area contributed by atoms with Crippen molar-refractivity contribution in [2.45, 2.75) is 63.4 Å². The Balaban J connectivity index is 1.68. The van der Waals surface area contributed by atoms with Crippen molar-refractivity contribution in [1.82, 2.24) is 14.8 Å². The number of carbonyl (C=O) groups is 1. The molecule has 1 N–H and O–H groups in total. The van der Waals surface area contributed by atoms with Crippen LogP contribution in [-0.2, 0) is 11.3 Å². The van der Waals surface area contributed by atoms with Crippen LogP contribution in [0.3, 0.4) is 0 Å². The molecule has 0 aliphatic heterocycles. The number of nitrogens with one attached hydrogen (secondary N) is 1. The predicted molar refractivity (Wildman–Crippen MR) is 97.5 cm³/mol. The van der Waals surface area contributed by atoms with Crippen LogP contribution in [0, 0.1) is 13.8 Å². The molecule has 1 saturated carbocycles. The fourth-order valence-corrected chi connectivity index (χ4v) is 3.65. The van der Waals surface area contributed by atoms with Crippen LogP contribution in [0.1, 0.15) is 49.6 Å². The zero-order chi connectivity index (χ0) is 17.3. The first-order valence-corrected chi connectivity index (χ1v) is 9.35. The van der Waals surface area contributed by atoms with Gasteiger partial charge in [-0.2, -0.15) is 0 Å². The van der Waals surface area contributed by atoms with E-state index in [0.717, 1.165) is 28.8 Å². The molecule has 1 aliphatic rings. The molecule has 24 heavy (non-hydrogen) atoms. The zero-order valence-corrected chi connectivity index (χ0v) is 15.5. The van der Waals surface area contributed by atoms with Crippen LogP contribution in [0.4, 0.5) is 5.69 Å². The van der Waals surface area contributed by atoms with Crippen molar-refractivity contribution in [3.05, 3.63) is 35.2 Å². The molecule has 1 amide bonds. The molecule has 0 saturated heterocycles. The highest BCUT2D eigenvalue weighted by atomic mass is 32.2. The van der Waals surface area contributed by atoms with E-state index in [-0.39, 0.29) is 11.2 Å². The number of hydrogen-bond acceptors (Lipinski definition) is 4. The van der Waals surface area contributed by atoms with Crippen LogP contribution in [0.2, 0.25) is 0 Å². The molecular weight excluding hydrogens is 320 g/mol. The zero-order valence-electron chi connectivity index (χ0n) is 14.7. The van der Waals surface area contributed by atoms with Crippen molar-refractivity contribution in [3.8, 4) is 0 Å². The van der Waals surface area contributed by atoms with Gasteiger partial charge in [0.05, 0.1) is 5.25 Å². The summed E-state index contributed by atoms with van der Waals surface area (Å²) in [6.07, 6.45) is 2.40. The van der Waals surface area contributed by atoms with Crippen molar-refractivity contribution >= 4 is 23.4 Å². The molecule has 1 fully saturated rings. The van der Waals surface area contributed by atoms with Gasteiger partial charge in [-0.15, -0.1) is 10.2 Å². The van der Waals surface area contributed by atoms with E-state index in [2.05, 4.69) is 33.1 Å². The summed E-state index contributed by atoms with van der Waals surface area (Å²) in [7, 11) is 0. The quantitative estimate of drug-likeness (QED) is 0.807. The number of thioether (sulfide) groups is 1. The van der Waals surface area contributed by atoms with Crippen molar-refractivity contribution in [2.75, 3.05) is 5.32 Å². The van der Waals surface area contributed by atoms with Crippen LogP contribution in [0.25, 0.3) is 0 Å². The molecule has 1 atom stereocenters. The molecule has 1 aromatic heterocycles. The van der Waals surface area contributed by atoms with Gasteiger partial charge in [0.15, 0.2) is 5.16 Å². The number of benzene rings is 1. The van der Waals surface area contributed by atoms with Gasteiger partial charge < -0.3 is 9.88 Å². The molecule has 3 rings (SSSR count). The second-order valence-electron chi connectivity index (χ2n) is 6.43. The summed E-state index contributed by atoms with van der Waals surface area (Å²) < 4.78 is 2.14. The first-order chi connectivity index (χ1) is 11.5. The van der Waals surface area contributed by atoms with E-state index in [1.54, 1.807) is 0 Å². The van der Waals surface area contributed by atoms with Gasteiger partial charge in [-0.05, 0) is 52.2 Å². The van der Waals surface area contributed by atoms with Gasteiger partial charge in [0.1, 0.15) is 5.82 Å². The molecule has 128 valence electrons. The number of aromatic nitrogens is 3. The molecule has 1 aromatic carbocycles. The Bertz CT molecular complexity index is 751. The van der Waals surface area contributed by atoms with Gasteiger partial charge in [0, 0.05) is 18.2 Å². The fourth-order valence-electron chi connectivity index (χ4n) is 2.73. The molecular formula is C18H24N4OS. The van der Waals surface area contributed by atoms with E-state index in [0.29, 0.717) is 5.92 Å². The van der Waals surface area contributed by atoms with E-state index in [1.807, 2.05) is 32.9 Å². The lowest BCUT2D eigenvalue weighted by molar-refractivity contribution is -0.115. The number of aryl methyl sites for hydroxylation is 2. The third-order valence-electron chi connectivity index (χ3n) is 4.30. The highest BCUT2D eigenvalue weighted by Crippen LogP contribution is 2.40. The second-order valence-corrected chi connectivity index (χ2v) is 7.73. The van der Waals surface area contributed by atoms with E-state index in [4.69, 9.17) is 0 Å². The molecule has 6 heteroatoms. The smallest absolute Gasteiger partial charge is 0.237 e. The fraction of sp³-hybridized carbons (Fsp3) is 0.500. The van der Waals surface area contributed by atoms with Gasteiger partial charge in [-0.3, -0.25) is 4.79 Å². The highest BCUT2D eigenvalue weighted by Gasteiger charge is 2.30. The first-order valence-electron chi connectivity index (χ1n) is 8.47. The van der Waals surface area contributed by atoms with E-state index in [9.17, 15) is 4.79 Å². The monoisotopic (exact) mass is 344 g/mol. The normalized spacial score (nSPS) is 15.3. The lowest BCUT2D eigenvalue weighted by atomic mass is 10.1. The molecule has 0 bridgehead atoms. The number of carbonyl (C=O) groups excluding carboxylic acids is 1. The molecule has 5 nitrogen and oxygen atoms in total. The number of amides is 1. The summed E-state index contributed by atoms with van der Waals surface area (Å²) >= 11 is 1.47. The topological polar surface area (TPSA) is 59.8 Å². The summed E-state index contributed by atoms with van der Waals surface area (Å²) in [5, 5.41) is 12.3. The van der Waals surface area contributed by atoms with Gasteiger partial charge in [-0.1, -0.05) is 29.5 Å². The Morgan fingerprint density at radius 1 is 1.38 bits per heavy atom. The van der Waals surface area contributed by atoms with Gasteiger partial charge in [0.25, 0.3) is 0 Å². The van der Waals surface area contributed by atoms with Gasteiger partial charge in [0.2, 0.25) is 5.91 Å². The van der Waals surface area contributed by atoms with Crippen LogP contribution in [-0.4, -0.2) is 25.9 Å². The maximum absolute atomic E-state index is 12.5. The first kappa shape index (κ1) is 17.0. The van der Waals surface area contributed by atoms with Crippen LogP contribution in [0.15, 0.2) is 23.4 Å². The standard InChI is InChI=1S/C18H24N4OS/c1-5-22-16(14-7-8-14)20-21-18(22)24-13(4)17(23)19-15-9-6-11(2)10-12(15)3/h6,9-10,13-14H,5,7-8H2,1-4H3,(H,19,23)/t13-/m1/s1. The average molecular weight is 344 g/mol. The van der Waals surface area contributed by atoms with E-state index >= 15 is 0 Å². The van der Waals surface area contributed by atoms with Crippen molar-refractivity contribution in [2.24, 2.45) is 0 Å². The summed E-state index contributed by atoms with van der Waals surface area (Å²) in [5.74, 6) is 1.62. The highest BCUT2D eigenvalue weighted by molar-refractivity contribution is 8.00. The number of nitrogens with zero attached hydrogens (tertiary/aromatic N) is 3.